The normalized spacial score (nSPS) is 16.9. The Morgan fingerprint density at radius 3 is 2.61 bits per heavy atom. The van der Waals surface area contributed by atoms with Gasteiger partial charge in [0.15, 0.2) is 0 Å². The molecule has 1 saturated heterocycles. The molecular formula is C19H21BrN2O. The van der Waals surface area contributed by atoms with Gasteiger partial charge in [-0.05, 0) is 36.6 Å². The number of phenolic OH excluding ortho intramolecular Hbond substituents is 1. The second-order valence-corrected chi connectivity index (χ2v) is 6.89. The van der Waals surface area contributed by atoms with Crippen molar-refractivity contribution in [3.8, 4) is 5.75 Å². The van der Waals surface area contributed by atoms with Gasteiger partial charge in [0.25, 0.3) is 0 Å². The van der Waals surface area contributed by atoms with Gasteiger partial charge in [-0.3, -0.25) is 9.89 Å². The van der Waals surface area contributed by atoms with Crippen LogP contribution in [-0.2, 0) is 6.54 Å². The van der Waals surface area contributed by atoms with Crippen LogP contribution in [-0.4, -0.2) is 35.4 Å². The number of aromatic hydroxyl groups is 1. The fourth-order valence-corrected chi connectivity index (χ4v) is 3.26. The summed E-state index contributed by atoms with van der Waals surface area (Å²) >= 11 is 3.42. The Morgan fingerprint density at radius 1 is 1.13 bits per heavy atom. The summed E-state index contributed by atoms with van der Waals surface area (Å²) in [5.41, 5.74) is 2.14. The summed E-state index contributed by atoms with van der Waals surface area (Å²) in [6.07, 6.45) is 3.94. The van der Waals surface area contributed by atoms with Crippen molar-refractivity contribution in [2.24, 2.45) is 4.99 Å². The average molecular weight is 373 g/mol. The SMILES string of the molecule is Oc1ccc(Br)cc1C=NC1CCN(Cc2ccccc2)CC1. The van der Waals surface area contributed by atoms with Crippen LogP contribution in [0.3, 0.4) is 0 Å². The summed E-state index contributed by atoms with van der Waals surface area (Å²) in [7, 11) is 0. The lowest BCUT2D eigenvalue weighted by molar-refractivity contribution is 0.206. The second kappa shape index (κ2) is 7.75. The van der Waals surface area contributed by atoms with Crippen LogP contribution in [0, 0.1) is 0 Å². The Kier molecular flexibility index (Phi) is 5.47. The molecule has 1 fully saturated rings. The van der Waals surface area contributed by atoms with Crippen LogP contribution in [0.15, 0.2) is 58.0 Å². The Balaban J connectivity index is 1.53. The molecular weight excluding hydrogens is 352 g/mol. The first-order valence-corrected chi connectivity index (χ1v) is 8.78. The highest BCUT2D eigenvalue weighted by Crippen LogP contribution is 2.21. The third-order valence-electron chi connectivity index (χ3n) is 4.22. The molecule has 4 heteroatoms. The molecule has 0 aliphatic carbocycles. The van der Waals surface area contributed by atoms with Crippen molar-refractivity contribution in [2.75, 3.05) is 13.1 Å². The maximum atomic E-state index is 9.85. The molecule has 0 unspecified atom stereocenters. The van der Waals surface area contributed by atoms with Crippen LogP contribution in [0.4, 0.5) is 0 Å². The van der Waals surface area contributed by atoms with Gasteiger partial charge in [0, 0.05) is 35.9 Å². The number of piperidine rings is 1. The van der Waals surface area contributed by atoms with Gasteiger partial charge in [-0.2, -0.15) is 0 Å². The lowest BCUT2D eigenvalue weighted by Crippen LogP contribution is -2.34. The third kappa shape index (κ3) is 4.66. The van der Waals surface area contributed by atoms with Crippen molar-refractivity contribution in [1.82, 2.24) is 4.90 Å². The lowest BCUT2D eigenvalue weighted by Gasteiger charge is -2.30. The molecule has 3 nitrogen and oxygen atoms in total. The molecule has 1 N–H and O–H groups in total. The molecule has 3 rings (SSSR count). The molecule has 2 aromatic rings. The topological polar surface area (TPSA) is 35.8 Å². The molecule has 1 aliphatic rings. The number of rotatable bonds is 4. The van der Waals surface area contributed by atoms with Crippen LogP contribution >= 0.6 is 15.9 Å². The van der Waals surface area contributed by atoms with Gasteiger partial charge in [-0.1, -0.05) is 46.3 Å². The number of phenols is 1. The number of hydrogen-bond acceptors (Lipinski definition) is 3. The summed E-state index contributed by atoms with van der Waals surface area (Å²) in [5.74, 6) is 0.276. The molecule has 0 atom stereocenters. The maximum absolute atomic E-state index is 9.85. The molecule has 120 valence electrons. The summed E-state index contributed by atoms with van der Waals surface area (Å²) < 4.78 is 0.953. The average Bonchev–Trinajstić information content (AvgIpc) is 2.58. The number of likely N-dealkylation sites (tertiary alicyclic amines) is 1. The van der Waals surface area contributed by atoms with Gasteiger partial charge in [-0.15, -0.1) is 0 Å². The van der Waals surface area contributed by atoms with E-state index in [9.17, 15) is 5.11 Å². The zero-order valence-electron chi connectivity index (χ0n) is 13.0. The fraction of sp³-hybridized carbons (Fsp3) is 0.316. The zero-order chi connectivity index (χ0) is 16.1. The molecule has 0 amide bonds. The van der Waals surface area contributed by atoms with E-state index in [0.717, 1.165) is 42.5 Å². The van der Waals surface area contributed by atoms with E-state index in [1.54, 1.807) is 12.3 Å². The van der Waals surface area contributed by atoms with E-state index in [4.69, 9.17) is 0 Å². The van der Waals surface area contributed by atoms with Crippen LogP contribution < -0.4 is 0 Å². The van der Waals surface area contributed by atoms with Gasteiger partial charge in [0.1, 0.15) is 5.75 Å². The molecule has 0 radical (unpaired) electrons. The van der Waals surface area contributed by atoms with Crippen LogP contribution in [0.25, 0.3) is 0 Å². The van der Waals surface area contributed by atoms with E-state index in [2.05, 4.69) is 56.2 Å². The lowest BCUT2D eigenvalue weighted by atomic mass is 10.0. The maximum Gasteiger partial charge on any atom is 0.124 e. The molecule has 23 heavy (non-hydrogen) atoms. The van der Waals surface area contributed by atoms with Crippen LogP contribution in [0.5, 0.6) is 5.75 Å². The van der Waals surface area contributed by atoms with E-state index in [1.165, 1.54) is 5.56 Å². The second-order valence-electron chi connectivity index (χ2n) is 5.97. The quantitative estimate of drug-likeness (QED) is 0.814. The minimum Gasteiger partial charge on any atom is -0.507 e. The Bertz CT molecular complexity index is 664. The van der Waals surface area contributed by atoms with Gasteiger partial charge in [0.2, 0.25) is 0 Å². The molecule has 1 aliphatic heterocycles. The summed E-state index contributed by atoms with van der Waals surface area (Å²) in [6, 6.07) is 16.4. The number of aliphatic imine (C=N–C) groups is 1. The van der Waals surface area contributed by atoms with Crippen molar-refractivity contribution in [1.29, 1.82) is 0 Å². The highest BCUT2D eigenvalue weighted by atomic mass is 79.9. The van der Waals surface area contributed by atoms with E-state index in [1.807, 2.05) is 12.1 Å². The zero-order valence-corrected chi connectivity index (χ0v) is 14.6. The Labute approximate surface area is 145 Å². The van der Waals surface area contributed by atoms with Gasteiger partial charge in [-0.25, -0.2) is 0 Å². The summed E-state index contributed by atoms with van der Waals surface area (Å²) in [6.45, 7) is 3.16. The molecule has 0 aromatic heterocycles. The van der Waals surface area contributed by atoms with Crippen LogP contribution in [0.1, 0.15) is 24.0 Å². The third-order valence-corrected chi connectivity index (χ3v) is 4.71. The molecule has 0 saturated carbocycles. The first kappa shape index (κ1) is 16.2. The van der Waals surface area contributed by atoms with Gasteiger partial charge >= 0.3 is 0 Å². The van der Waals surface area contributed by atoms with Crippen molar-refractivity contribution in [3.05, 3.63) is 64.1 Å². The number of benzene rings is 2. The van der Waals surface area contributed by atoms with Gasteiger partial charge in [0.05, 0.1) is 6.04 Å². The minimum atomic E-state index is 0.276. The largest absolute Gasteiger partial charge is 0.507 e. The first-order valence-electron chi connectivity index (χ1n) is 7.99. The monoisotopic (exact) mass is 372 g/mol. The number of halogens is 1. The fourth-order valence-electron chi connectivity index (χ4n) is 2.88. The van der Waals surface area contributed by atoms with E-state index < -0.39 is 0 Å². The van der Waals surface area contributed by atoms with Crippen molar-refractivity contribution in [2.45, 2.75) is 25.4 Å². The highest BCUT2D eigenvalue weighted by molar-refractivity contribution is 9.10. The van der Waals surface area contributed by atoms with Gasteiger partial charge < -0.3 is 5.11 Å². The van der Waals surface area contributed by atoms with E-state index in [-0.39, 0.29) is 5.75 Å². The molecule has 2 aromatic carbocycles. The summed E-state index contributed by atoms with van der Waals surface area (Å²) in [5, 5.41) is 9.85. The van der Waals surface area contributed by atoms with E-state index in [0.29, 0.717) is 6.04 Å². The minimum absolute atomic E-state index is 0.276. The predicted octanol–water partition coefficient (Wildman–Crippen LogP) is 4.24. The first-order chi connectivity index (χ1) is 11.2. The van der Waals surface area contributed by atoms with Crippen molar-refractivity contribution < 1.29 is 5.11 Å². The molecule has 0 spiro atoms. The molecule has 1 heterocycles. The van der Waals surface area contributed by atoms with Crippen molar-refractivity contribution in [3.63, 3.8) is 0 Å². The molecule has 0 bridgehead atoms. The van der Waals surface area contributed by atoms with Crippen LogP contribution in [0.2, 0.25) is 0 Å². The number of nitrogens with zero attached hydrogens (tertiary/aromatic N) is 2. The number of hydrogen-bond donors (Lipinski definition) is 1. The van der Waals surface area contributed by atoms with Crippen molar-refractivity contribution >= 4 is 22.1 Å². The predicted molar refractivity (Wildman–Crippen MR) is 98.1 cm³/mol. The standard InChI is InChI=1S/C19H21BrN2O/c20-17-6-7-19(23)16(12-17)13-21-18-8-10-22(11-9-18)14-15-4-2-1-3-5-15/h1-7,12-13,18,23H,8-11,14H2. The Morgan fingerprint density at radius 2 is 1.87 bits per heavy atom. The highest BCUT2D eigenvalue weighted by Gasteiger charge is 2.18. The van der Waals surface area contributed by atoms with E-state index >= 15 is 0 Å². The smallest absolute Gasteiger partial charge is 0.124 e. The Hall–Kier alpha value is -1.65. The summed E-state index contributed by atoms with van der Waals surface area (Å²) in [4.78, 5) is 7.15.